The predicted molar refractivity (Wildman–Crippen MR) is 129 cm³/mol. The van der Waals surface area contributed by atoms with Gasteiger partial charge in [-0.05, 0) is 61.6 Å². The maximum atomic E-state index is 12.6. The average Bonchev–Trinajstić information content (AvgIpc) is 2.81. The lowest BCUT2D eigenvalue weighted by Gasteiger charge is -2.32. The van der Waals surface area contributed by atoms with Crippen LogP contribution in [-0.4, -0.2) is 29.0 Å². The van der Waals surface area contributed by atoms with E-state index in [0.717, 1.165) is 53.1 Å². The van der Waals surface area contributed by atoms with Crippen LogP contribution in [0.5, 0.6) is 11.6 Å². The Kier molecular flexibility index (Phi) is 7.05. The van der Waals surface area contributed by atoms with Crippen LogP contribution in [0.4, 0.5) is 5.82 Å². The minimum absolute atomic E-state index is 0.0194. The molecule has 4 rings (SSSR count). The van der Waals surface area contributed by atoms with E-state index in [1.165, 1.54) is 11.9 Å². The summed E-state index contributed by atoms with van der Waals surface area (Å²) >= 11 is 3.47. The lowest BCUT2D eigenvalue weighted by molar-refractivity contribution is -0.125. The van der Waals surface area contributed by atoms with Crippen LogP contribution in [0.25, 0.3) is 0 Å². The highest BCUT2D eigenvalue weighted by Gasteiger charge is 2.25. The highest BCUT2D eigenvalue weighted by Crippen LogP contribution is 2.28. The summed E-state index contributed by atoms with van der Waals surface area (Å²) in [6, 6.07) is 15.9. The van der Waals surface area contributed by atoms with Crippen molar-refractivity contribution in [2.45, 2.75) is 33.2 Å². The fraction of sp³-hybridized carbons (Fsp3) is 0.320. The van der Waals surface area contributed by atoms with E-state index in [-0.39, 0.29) is 11.8 Å². The molecule has 0 unspecified atom stereocenters. The van der Waals surface area contributed by atoms with Crippen LogP contribution >= 0.6 is 15.9 Å². The standard InChI is InChI=1S/C25H27BrN4O2/c1-17-5-3-8-22(18(17)2)32-24-14-23(28-16-29-24)30-11-9-20(10-12-30)25(31)27-15-19-6-4-7-21(26)13-19/h3-8,13-14,16,20H,9-12,15H2,1-2H3,(H,27,31). The molecule has 0 atom stereocenters. The van der Waals surface area contributed by atoms with E-state index in [1.54, 1.807) is 0 Å². The summed E-state index contributed by atoms with van der Waals surface area (Å²) < 4.78 is 7.03. The summed E-state index contributed by atoms with van der Waals surface area (Å²) in [7, 11) is 0. The molecule has 1 amide bonds. The molecule has 166 valence electrons. The molecule has 1 fully saturated rings. The number of benzene rings is 2. The zero-order valence-corrected chi connectivity index (χ0v) is 19.9. The second-order valence-electron chi connectivity index (χ2n) is 8.12. The Labute approximate surface area is 197 Å². The van der Waals surface area contributed by atoms with Crippen molar-refractivity contribution in [3.05, 3.63) is 76.0 Å². The van der Waals surface area contributed by atoms with Crippen molar-refractivity contribution in [2.24, 2.45) is 5.92 Å². The van der Waals surface area contributed by atoms with Crippen LogP contribution in [0.2, 0.25) is 0 Å². The molecule has 0 aliphatic carbocycles. The lowest BCUT2D eigenvalue weighted by Crippen LogP contribution is -2.40. The van der Waals surface area contributed by atoms with Gasteiger partial charge >= 0.3 is 0 Å². The van der Waals surface area contributed by atoms with Gasteiger partial charge in [0, 0.05) is 36.1 Å². The molecule has 32 heavy (non-hydrogen) atoms. The van der Waals surface area contributed by atoms with Crippen molar-refractivity contribution in [3.63, 3.8) is 0 Å². The van der Waals surface area contributed by atoms with E-state index in [1.807, 2.05) is 49.4 Å². The summed E-state index contributed by atoms with van der Waals surface area (Å²) in [6.07, 6.45) is 3.12. The molecule has 7 heteroatoms. The molecule has 0 spiro atoms. The Morgan fingerprint density at radius 1 is 1.12 bits per heavy atom. The van der Waals surface area contributed by atoms with E-state index >= 15 is 0 Å². The molecule has 2 aromatic carbocycles. The molecule has 1 aromatic heterocycles. The molecule has 0 saturated carbocycles. The number of aromatic nitrogens is 2. The lowest BCUT2D eigenvalue weighted by atomic mass is 9.96. The van der Waals surface area contributed by atoms with Gasteiger partial charge in [-0.3, -0.25) is 4.79 Å². The average molecular weight is 495 g/mol. The maximum Gasteiger partial charge on any atom is 0.224 e. The molecule has 6 nitrogen and oxygen atoms in total. The Morgan fingerprint density at radius 2 is 1.91 bits per heavy atom. The smallest absolute Gasteiger partial charge is 0.224 e. The molecular weight excluding hydrogens is 468 g/mol. The second-order valence-corrected chi connectivity index (χ2v) is 9.04. The predicted octanol–water partition coefficient (Wildman–Crippen LogP) is 5.18. The molecule has 1 aliphatic rings. The van der Waals surface area contributed by atoms with Gasteiger partial charge in [0.2, 0.25) is 11.8 Å². The van der Waals surface area contributed by atoms with E-state index in [9.17, 15) is 4.79 Å². The van der Waals surface area contributed by atoms with Crippen LogP contribution in [0.1, 0.15) is 29.5 Å². The summed E-state index contributed by atoms with van der Waals surface area (Å²) in [6.45, 7) is 6.19. The van der Waals surface area contributed by atoms with E-state index in [0.29, 0.717) is 12.4 Å². The summed E-state index contributed by atoms with van der Waals surface area (Å²) in [4.78, 5) is 23.5. The Morgan fingerprint density at radius 3 is 2.69 bits per heavy atom. The molecule has 1 aliphatic heterocycles. The number of rotatable bonds is 6. The first kappa shape index (κ1) is 22.3. The minimum atomic E-state index is 0.0194. The minimum Gasteiger partial charge on any atom is -0.439 e. The highest BCUT2D eigenvalue weighted by atomic mass is 79.9. The summed E-state index contributed by atoms with van der Waals surface area (Å²) in [5.74, 6) is 2.29. The molecule has 0 bridgehead atoms. The normalized spacial score (nSPS) is 14.3. The highest BCUT2D eigenvalue weighted by molar-refractivity contribution is 9.10. The third-order valence-electron chi connectivity index (χ3n) is 5.94. The number of nitrogens with one attached hydrogen (secondary N) is 1. The monoisotopic (exact) mass is 494 g/mol. The third-order valence-corrected chi connectivity index (χ3v) is 6.44. The van der Waals surface area contributed by atoms with E-state index in [2.05, 4.69) is 49.1 Å². The number of nitrogens with zero attached hydrogens (tertiary/aromatic N) is 3. The summed E-state index contributed by atoms with van der Waals surface area (Å²) in [5, 5.41) is 3.07. The first-order valence-corrected chi connectivity index (χ1v) is 11.6. The number of amides is 1. The van der Waals surface area contributed by atoms with Gasteiger partial charge in [0.1, 0.15) is 17.9 Å². The number of ether oxygens (including phenoxy) is 1. The fourth-order valence-corrected chi connectivity index (χ4v) is 4.30. The van der Waals surface area contributed by atoms with Gasteiger partial charge in [0.25, 0.3) is 0 Å². The first-order chi connectivity index (χ1) is 15.5. The van der Waals surface area contributed by atoms with Crippen LogP contribution in [-0.2, 0) is 11.3 Å². The molecule has 1 N–H and O–H groups in total. The molecule has 3 aromatic rings. The number of halogens is 1. The molecule has 1 saturated heterocycles. The number of carbonyl (C=O) groups is 1. The molecular formula is C25H27BrN4O2. The number of aryl methyl sites for hydroxylation is 1. The summed E-state index contributed by atoms with van der Waals surface area (Å²) in [5.41, 5.74) is 3.36. The van der Waals surface area contributed by atoms with E-state index in [4.69, 9.17) is 4.74 Å². The van der Waals surface area contributed by atoms with Crippen molar-refractivity contribution in [1.29, 1.82) is 0 Å². The third kappa shape index (κ3) is 5.46. The maximum absolute atomic E-state index is 12.6. The zero-order chi connectivity index (χ0) is 22.5. The van der Waals surface area contributed by atoms with Gasteiger partial charge < -0.3 is 15.0 Å². The van der Waals surface area contributed by atoms with Gasteiger partial charge in [-0.1, -0.05) is 40.2 Å². The number of anilines is 1. The zero-order valence-electron chi connectivity index (χ0n) is 18.3. The van der Waals surface area contributed by atoms with Crippen molar-refractivity contribution in [3.8, 4) is 11.6 Å². The van der Waals surface area contributed by atoms with Gasteiger partial charge in [0.15, 0.2) is 0 Å². The number of carbonyl (C=O) groups excluding carboxylic acids is 1. The van der Waals surface area contributed by atoms with Gasteiger partial charge in [0.05, 0.1) is 0 Å². The number of hydrogen-bond acceptors (Lipinski definition) is 5. The Bertz CT molecular complexity index is 1100. The van der Waals surface area contributed by atoms with Crippen molar-refractivity contribution in [1.82, 2.24) is 15.3 Å². The fourth-order valence-electron chi connectivity index (χ4n) is 3.86. The molecule has 0 radical (unpaired) electrons. The van der Waals surface area contributed by atoms with Crippen molar-refractivity contribution >= 4 is 27.7 Å². The SMILES string of the molecule is Cc1cccc(Oc2cc(N3CCC(C(=O)NCc4cccc(Br)c4)CC3)ncn2)c1C. The largest absolute Gasteiger partial charge is 0.439 e. The van der Waals surface area contributed by atoms with Crippen LogP contribution in [0.3, 0.4) is 0 Å². The van der Waals surface area contributed by atoms with Crippen LogP contribution < -0.4 is 15.0 Å². The quantitative estimate of drug-likeness (QED) is 0.511. The van der Waals surface area contributed by atoms with Crippen molar-refractivity contribution < 1.29 is 9.53 Å². The first-order valence-electron chi connectivity index (χ1n) is 10.8. The second kappa shape index (κ2) is 10.1. The van der Waals surface area contributed by atoms with Gasteiger partial charge in [-0.2, -0.15) is 0 Å². The number of hydrogen-bond donors (Lipinski definition) is 1. The van der Waals surface area contributed by atoms with E-state index < -0.39 is 0 Å². The van der Waals surface area contributed by atoms with Gasteiger partial charge in [-0.25, -0.2) is 9.97 Å². The number of piperidine rings is 1. The van der Waals surface area contributed by atoms with Crippen LogP contribution in [0.15, 0.2) is 59.3 Å². The molecule has 2 heterocycles. The van der Waals surface area contributed by atoms with Crippen molar-refractivity contribution in [2.75, 3.05) is 18.0 Å². The van der Waals surface area contributed by atoms with Crippen LogP contribution in [0, 0.1) is 19.8 Å². The Balaban J connectivity index is 1.32. The Hall–Kier alpha value is -2.93. The topological polar surface area (TPSA) is 67.3 Å². The van der Waals surface area contributed by atoms with Gasteiger partial charge in [-0.15, -0.1) is 0 Å².